The molecule has 0 saturated heterocycles. The second kappa shape index (κ2) is 3.45. The Balaban J connectivity index is 2.02. The van der Waals surface area contributed by atoms with Gasteiger partial charge in [-0.3, -0.25) is 0 Å². The average molecular weight is 298 g/mol. The van der Waals surface area contributed by atoms with E-state index in [9.17, 15) is 0 Å². The summed E-state index contributed by atoms with van der Waals surface area (Å²) in [6.45, 7) is 4.23. The third-order valence-electron chi connectivity index (χ3n) is 3.65. The minimum absolute atomic E-state index is 0.914. The van der Waals surface area contributed by atoms with Crippen molar-refractivity contribution in [3.63, 3.8) is 0 Å². The lowest BCUT2D eigenvalue weighted by Crippen LogP contribution is -1.66. The van der Waals surface area contributed by atoms with Crippen molar-refractivity contribution in [1.29, 1.82) is 0 Å². The monoisotopic (exact) mass is 298 g/mol. The Morgan fingerprint density at radius 3 is 1.65 bits per heavy atom. The third-order valence-corrected chi connectivity index (χ3v) is 5.78. The van der Waals surface area contributed by atoms with Crippen molar-refractivity contribution in [2.24, 2.45) is 0 Å². The lowest BCUT2D eigenvalue weighted by molar-refractivity contribution is 0.657. The van der Waals surface area contributed by atoms with Crippen LogP contribution in [0.5, 0.6) is 0 Å². The largest absolute Gasteiger partial charge is 0.455 e. The molecule has 5 aromatic rings. The van der Waals surface area contributed by atoms with Crippen molar-refractivity contribution in [3.05, 3.63) is 34.0 Å². The van der Waals surface area contributed by atoms with E-state index in [1.165, 1.54) is 29.9 Å². The van der Waals surface area contributed by atoms with E-state index in [2.05, 4.69) is 32.0 Å². The molecule has 4 heterocycles. The normalized spacial score (nSPS) is 12.5. The van der Waals surface area contributed by atoms with E-state index in [0.717, 1.165) is 22.3 Å². The zero-order chi connectivity index (χ0) is 13.4. The fraction of sp³-hybridized carbons (Fsp3) is 0.125. The fourth-order valence-corrected chi connectivity index (χ4v) is 4.75. The van der Waals surface area contributed by atoms with Gasteiger partial charge in [-0.15, -0.1) is 22.7 Å². The van der Waals surface area contributed by atoms with Crippen LogP contribution in [0.2, 0.25) is 0 Å². The molecule has 2 nitrogen and oxygen atoms in total. The van der Waals surface area contributed by atoms with Crippen LogP contribution in [0.15, 0.2) is 33.1 Å². The molecule has 20 heavy (non-hydrogen) atoms. The molecule has 4 heteroatoms. The van der Waals surface area contributed by atoms with E-state index in [1.54, 1.807) is 22.7 Å². The van der Waals surface area contributed by atoms with Crippen LogP contribution in [0.4, 0.5) is 0 Å². The molecule has 4 aromatic heterocycles. The molecule has 0 spiro atoms. The Morgan fingerprint density at radius 2 is 1.15 bits per heavy atom. The summed E-state index contributed by atoms with van der Waals surface area (Å²) in [6.07, 6.45) is 0. The highest BCUT2D eigenvalue weighted by molar-refractivity contribution is 7.20. The highest BCUT2D eigenvalue weighted by atomic mass is 32.1. The molecule has 0 aliphatic carbocycles. The number of benzene rings is 1. The molecule has 0 bridgehead atoms. The van der Waals surface area contributed by atoms with Crippen molar-refractivity contribution in [3.8, 4) is 0 Å². The molecule has 98 valence electrons. The summed E-state index contributed by atoms with van der Waals surface area (Å²) >= 11 is 3.58. The zero-order valence-electron chi connectivity index (χ0n) is 10.9. The molecule has 5 rings (SSSR count). The Labute approximate surface area is 122 Å². The van der Waals surface area contributed by atoms with Gasteiger partial charge in [0.2, 0.25) is 0 Å². The molecular formula is C16H10O2S2. The standard InChI is InChI=1S/C16H10O2S2/c1-7-3-13-15(19-7)9-5-10-12(6-11(9)17-13)18-14-4-8(2)20-16(10)14/h3-6H,1-2H3. The number of furan rings is 2. The van der Waals surface area contributed by atoms with Crippen LogP contribution < -0.4 is 0 Å². The molecular weight excluding hydrogens is 288 g/mol. The Bertz CT molecular complexity index is 1030. The fourth-order valence-electron chi connectivity index (χ4n) is 2.83. The van der Waals surface area contributed by atoms with Crippen LogP contribution in [-0.2, 0) is 0 Å². The van der Waals surface area contributed by atoms with Crippen molar-refractivity contribution in [2.45, 2.75) is 13.8 Å². The van der Waals surface area contributed by atoms with E-state index in [-0.39, 0.29) is 0 Å². The lowest BCUT2D eigenvalue weighted by atomic mass is 10.2. The van der Waals surface area contributed by atoms with E-state index >= 15 is 0 Å². The quantitative estimate of drug-likeness (QED) is 0.339. The molecule has 0 fully saturated rings. The predicted octanol–water partition coefficient (Wildman–Crippen LogP) is 6.23. The maximum atomic E-state index is 5.93. The molecule has 1 aromatic carbocycles. The van der Waals surface area contributed by atoms with Gasteiger partial charge in [0.15, 0.2) is 0 Å². The molecule has 0 amide bonds. The van der Waals surface area contributed by atoms with Gasteiger partial charge < -0.3 is 8.83 Å². The minimum Gasteiger partial charge on any atom is -0.455 e. The van der Waals surface area contributed by atoms with Crippen molar-refractivity contribution in [2.75, 3.05) is 0 Å². The van der Waals surface area contributed by atoms with Gasteiger partial charge in [0.1, 0.15) is 22.3 Å². The van der Waals surface area contributed by atoms with Crippen molar-refractivity contribution < 1.29 is 8.83 Å². The number of hydrogen-bond acceptors (Lipinski definition) is 4. The lowest BCUT2D eigenvalue weighted by Gasteiger charge is -1.90. The SMILES string of the molecule is Cc1cc2oc3cc4oc5cc(C)sc5c4cc3c2s1. The molecule has 0 aliphatic heterocycles. The van der Waals surface area contributed by atoms with Crippen LogP contribution >= 0.6 is 22.7 Å². The van der Waals surface area contributed by atoms with Crippen LogP contribution in [-0.4, -0.2) is 0 Å². The zero-order valence-corrected chi connectivity index (χ0v) is 12.6. The summed E-state index contributed by atoms with van der Waals surface area (Å²) in [7, 11) is 0. The van der Waals surface area contributed by atoms with Gasteiger partial charge >= 0.3 is 0 Å². The summed E-state index contributed by atoms with van der Waals surface area (Å²) < 4.78 is 14.3. The van der Waals surface area contributed by atoms with Gasteiger partial charge in [0, 0.05) is 26.6 Å². The molecule has 0 saturated carbocycles. The van der Waals surface area contributed by atoms with Gasteiger partial charge in [0.25, 0.3) is 0 Å². The minimum atomic E-state index is 0.914. The average Bonchev–Trinajstić information content (AvgIpc) is 3.06. The maximum Gasteiger partial charge on any atom is 0.146 e. The van der Waals surface area contributed by atoms with Crippen molar-refractivity contribution >= 4 is 65.2 Å². The number of rotatable bonds is 0. The molecule has 0 radical (unpaired) electrons. The highest BCUT2D eigenvalue weighted by Gasteiger charge is 2.15. The molecule has 0 atom stereocenters. The van der Waals surface area contributed by atoms with Gasteiger partial charge in [0.05, 0.1) is 9.40 Å². The first kappa shape index (κ1) is 10.9. The number of fused-ring (bicyclic) bond motifs is 6. The predicted molar refractivity (Wildman–Crippen MR) is 86.2 cm³/mol. The summed E-state index contributed by atoms with van der Waals surface area (Å²) in [5, 5.41) is 2.39. The van der Waals surface area contributed by atoms with E-state index in [4.69, 9.17) is 8.83 Å². The Kier molecular flexibility index (Phi) is 1.89. The summed E-state index contributed by atoms with van der Waals surface area (Å²) in [5.74, 6) is 0. The first-order valence-corrected chi connectivity index (χ1v) is 8.08. The van der Waals surface area contributed by atoms with Gasteiger partial charge in [-0.05, 0) is 32.0 Å². The number of thiophene rings is 2. The van der Waals surface area contributed by atoms with Crippen LogP contribution in [0.25, 0.3) is 42.5 Å². The van der Waals surface area contributed by atoms with Crippen LogP contribution in [0.1, 0.15) is 9.75 Å². The highest BCUT2D eigenvalue weighted by Crippen LogP contribution is 2.41. The van der Waals surface area contributed by atoms with E-state index in [1.807, 2.05) is 6.07 Å². The van der Waals surface area contributed by atoms with Crippen molar-refractivity contribution in [1.82, 2.24) is 0 Å². The first-order chi connectivity index (χ1) is 9.69. The van der Waals surface area contributed by atoms with E-state index < -0.39 is 0 Å². The first-order valence-electron chi connectivity index (χ1n) is 6.44. The molecule has 0 unspecified atom stereocenters. The second-order valence-corrected chi connectivity index (χ2v) is 7.66. The second-order valence-electron chi connectivity index (χ2n) is 5.15. The third kappa shape index (κ3) is 1.28. The maximum absolute atomic E-state index is 5.93. The van der Waals surface area contributed by atoms with Gasteiger partial charge in [-0.25, -0.2) is 0 Å². The van der Waals surface area contributed by atoms with Gasteiger partial charge in [-0.1, -0.05) is 0 Å². The van der Waals surface area contributed by atoms with Crippen LogP contribution in [0.3, 0.4) is 0 Å². The Morgan fingerprint density at radius 1 is 0.650 bits per heavy atom. The Hall–Kier alpha value is -1.78. The number of aryl methyl sites for hydroxylation is 2. The smallest absolute Gasteiger partial charge is 0.146 e. The summed E-state index contributed by atoms with van der Waals surface area (Å²) in [6, 6.07) is 8.45. The van der Waals surface area contributed by atoms with Crippen LogP contribution in [0, 0.1) is 13.8 Å². The summed E-state index contributed by atoms with van der Waals surface area (Å²) in [5.41, 5.74) is 3.79. The van der Waals surface area contributed by atoms with E-state index in [0.29, 0.717) is 0 Å². The molecule has 0 N–H and O–H groups in total. The summed E-state index contributed by atoms with van der Waals surface area (Å²) in [4.78, 5) is 2.56. The topological polar surface area (TPSA) is 26.3 Å². The molecule has 0 aliphatic rings. The van der Waals surface area contributed by atoms with Gasteiger partial charge in [-0.2, -0.15) is 0 Å². The number of hydrogen-bond donors (Lipinski definition) is 0.